The van der Waals surface area contributed by atoms with Gasteiger partial charge in [-0.05, 0) is 49.9 Å². The monoisotopic (exact) mass is 379 g/mol. The number of amides is 1. The molecule has 0 radical (unpaired) electrons. The van der Waals surface area contributed by atoms with E-state index in [2.05, 4.69) is 21.3 Å². The molecule has 28 heavy (non-hydrogen) atoms. The number of aryl methyl sites for hydroxylation is 1. The molecule has 0 bridgehead atoms. The Balaban J connectivity index is 1.53. The van der Waals surface area contributed by atoms with Crippen molar-refractivity contribution < 1.29 is 9.72 Å². The van der Waals surface area contributed by atoms with E-state index in [-0.39, 0.29) is 11.6 Å². The molecule has 0 spiro atoms. The summed E-state index contributed by atoms with van der Waals surface area (Å²) in [7, 11) is 0. The van der Waals surface area contributed by atoms with Gasteiger partial charge in [0.1, 0.15) is 11.9 Å². The Hall–Kier alpha value is -3.47. The van der Waals surface area contributed by atoms with Gasteiger partial charge in [0.2, 0.25) is 0 Å². The maximum absolute atomic E-state index is 12.4. The fourth-order valence-corrected chi connectivity index (χ4v) is 3.43. The lowest BCUT2D eigenvalue weighted by Gasteiger charge is -2.33. The van der Waals surface area contributed by atoms with Crippen LogP contribution in [0.15, 0.2) is 36.5 Å². The molecular weight excluding hydrogens is 358 g/mol. The lowest BCUT2D eigenvalue weighted by atomic mass is 9.96. The van der Waals surface area contributed by atoms with E-state index in [0.717, 1.165) is 25.9 Å². The number of pyridine rings is 1. The number of hydrogen-bond acceptors (Lipinski definition) is 6. The summed E-state index contributed by atoms with van der Waals surface area (Å²) < 4.78 is 0. The van der Waals surface area contributed by atoms with Gasteiger partial charge in [0.05, 0.1) is 10.5 Å². The zero-order chi connectivity index (χ0) is 20.1. The predicted octanol–water partition coefficient (Wildman–Crippen LogP) is 2.82. The van der Waals surface area contributed by atoms with Gasteiger partial charge in [-0.25, -0.2) is 4.98 Å². The normalized spacial score (nSPS) is 14.4. The first-order valence-electron chi connectivity index (χ1n) is 9.13. The third kappa shape index (κ3) is 4.26. The van der Waals surface area contributed by atoms with Gasteiger partial charge in [-0.15, -0.1) is 0 Å². The van der Waals surface area contributed by atoms with E-state index in [0.29, 0.717) is 35.0 Å². The molecule has 1 saturated heterocycles. The second kappa shape index (κ2) is 8.48. The number of carbonyl (C=O) groups excluding carboxylic acids is 1. The van der Waals surface area contributed by atoms with Crippen LogP contribution in [0.3, 0.4) is 0 Å². The summed E-state index contributed by atoms with van der Waals surface area (Å²) in [5.41, 5.74) is 1.47. The summed E-state index contributed by atoms with van der Waals surface area (Å²) in [6.45, 7) is 3.74. The number of piperidine rings is 1. The molecule has 8 heteroatoms. The number of anilines is 1. The average molecular weight is 379 g/mol. The first kappa shape index (κ1) is 19.3. The SMILES string of the molecule is Cc1cc(C(=O)NCC2CCN(c3ncccc3C#N)CC2)ccc1[N+](=O)[O-]. The molecule has 0 atom stereocenters. The fraction of sp³-hybridized carbons (Fsp3) is 0.350. The summed E-state index contributed by atoms with van der Waals surface area (Å²) in [6.07, 6.45) is 3.47. The number of carbonyl (C=O) groups is 1. The van der Waals surface area contributed by atoms with Crippen molar-refractivity contribution in [2.24, 2.45) is 5.92 Å². The van der Waals surface area contributed by atoms with Crippen molar-refractivity contribution in [3.05, 3.63) is 63.3 Å². The average Bonchev–Trinajstić information content (AvgIpc) is 2.72. The van der Waals surface area contributed by atoms with Gasteiger partial charge in [-0.3, -0.25) is 14.9 Å². The lowest BCUT2D eigenvalue weighted by molar-refractivity contribution is -0.385. The minimum atomic E-state index is -0.454. The number of rotatable bonds is 5. The number of aromatic nitrogens is 1. The molecule has 144 valence electrons. The number of nitrogens with zero attached hydrogens (tertiary/aromatic N) is 4. The van der Waals surface area contributed by atoms with Crippen LogP contribution in [0.2, 0.25) is 0 Å². The van der Waals surface area contributed by atoms with Crippen LogP contribution < -0.4 is 10.2 Å². The molecule has 1 N–H and O–H groups in total. The number of nitriles is 1. The quantitative estimate of drug-likeness (QED) is 0.631. The maximum atomic E-state index is 12.4. The third-order valence-corrected chi connectivity index (χ3v) is 5.03. The highest BCUT2D eigenvalue weighted by molar-refractivity contribution is 5.94. The van der Waals surface area contributed by atoms with Gasteiger partial charge in [-0.2, -0.15) is 5.26 Å². The Bertz CT molecular complexity index is 930. The molecule has 2 aromatic rings. The molecule has 0 unspecified atom stereocenters. The summed E-state index contributed by atoms with van der Waals surface area (Å²) >= 11 is 0. The summed E-state index contributed by atoms with van der Waals surface area (Å²) in [5.74, 6) is 0.833. The molecule has 0 saturated carbocycles. The van der Waals surface area contributed by atoms with Crippen molar-refractivity contribution in [3.8, 4) is 6.07 Å². The van der Waals surface area contributed by atoms with Gasteiger partial charge in [0, 0.05) is 43.0 Å². The van der Waals surface area contributed by atoms with Gasteiger partial charge in [0.15, 0.2) is 0 Å². The van der Waals surface area contributed by atoms with E-state index in [9.17, 15) is 20.2 Å². The molecule has 0 aliphatic carbocycles. The molecule has 3 rings (SSSR count). The number of nitro benzene ring substituents is 1. The Kier molecular flexibility index (Phi) is 5.84. The molecule has 8 nitrogen and oxygen atoms in total. The lowest BCUT2D eigenvalue weighted by Crippen LogP contribution is -2.39. The standard InChI is InChI=1S/C20H21N5O3/c1-14-11-16(4-5-18(14)25(27)28)20(26)23-13-15-6-9-24(10-7-15)19-17(12-21)3-2-8-22-19/h2-5,8,11,15H,6-7,9-10,13H2,1H3,(H,23,26). The largest absolute Gasteiger partial charge is 0.356 e. The molecular formula is C20H21N5O3. The second-order valence-electron chi connectivity index (χ2n) is 6.89. The van der Waals surface area contributed by atoms with Crippen molar-refractivity contribution in [3.63, 3.8) is 0 Å². The second-order valence-corrected chi connectivity index (χ2v) is 6.89. The molecule has 1 aromatic carbocycles. The van der Waals surface area contributed by atoms with E-state index in [1.165, 1.54) is 12.1 Å². The predicted molar refractivity (Wildman–Crippen MR) is 104 cm³/mol. The van der Waals surface area contributed by atoms with Gasteiger partial charge in [0.25, 0.3) is 11.6 Å². The van der Waals surface area contributed by atoms with E-state index < -0.39 is 4.92 Å². The van der Waals surface area contributed by atoms with Crippen molar-refractivity contribution >= 4 is 17.4 Å². The van der Waals surface area contributed by atoms with Crippen LogP contribution in [0.5, 0.6) is 0 Å². The molecule has 1 fully saturated rings. The van der Waals surface area contributed by atoms with Crippen LogP contribution in [-0.2, 0) is 0 Å². The van der Waals surface area contributed by atoms with Crippen molar-refractivity contribution in [1.29, 1.82) is 5.26 Å². The van der Waals surface area contributed by atoms with Crippen molar-refractivity contribution in [2.45, 2.75) is 19.8 Å². The molecule has 1 amide bonds. The summed E-state index contributed by atoms with van der Waals surface area (Å²) in [4.78, 5) is 29.2. The van der Waals surface area contributed by atoms with Gasteiger partial charge >= 0.3 is 0 Å². The Labute approximate surface area is 163 Å². The first-order valence-corrected chi connectivity index (χ1v) is 9.13. The van der Waals surface area contributed by atoms with Crippen LogP contribution >= 0.6 is 0 Å². The smallest absolute Gasteiger partial charge is 0.272 e. The Morgan fingerprint density at radius 2 is 2.14 bits per heavy atom. The van der Waals surface area contributed by atoms with Crippen LogP contribution in [-0.4, -0.2) is 35.4 Å². The van der Waals surface area contributed by atoms with E-state index >= 15 is 0 Å². The highest BCUT2D eigenvalue weighted by Gasteiger charge is 2.22. The van der Waals surface area contributed by atoms with E-state index in [1.807, 2.05) is 0 Å². The van der Waals surface area contributed by atoms with Gasteiger partial charge < -0.3 is 10.2 Å². The minimum absolute atomic E-state index is 0.00943. The number of nitro groups is 1. The van der Waals surface area contributed by atoms with E-state index in [1.54, 1.807) is 31.3 Å². The molecule has 1 aliphatic heterocycles. The fourth-order valence-electron chi connectivity index (χ4n) is 3.43. The van der Waals surface area contributed by atoms with Gasteiger partial charge in [-0.1, -0.05) is 0 Å². The summed E-state index contributed by atoms with van der Waals surface area (Å²) in [6, 6.07) is 10.1. The van der Waals surface area contributed by atoms with Crippen molar-refractivity contribution in [1.82, 2.24) is 10.3 Å². The van der Waals surface area contributed by atoms with Crippen LogP contribution in [0.25, 0.3) is 0 Å². The number of benzene rings is 1. The Morgan fingerprint density at radius 1 is 1.39 bits per heavy atom. The maximum Gasteiger partial charge on any atom is 0.272 e. The zero-order valence-corrected chi connectivity index (χ0v) is 15.6. The van der Waals surface area contributed by atoms with Crippen LogP contribution in [0, 0.1) is 34.3 Å². The Morgan fingerprint density at radius 3 is 2.79 bits per heavy atom. The highest BCUT2D eigenvalue weighted by atomic mass is 16.6. The molecule has 1 aromatic heterocycles. The van der Waals surface area contributed by atoms with E-state index in [4.69, 9.17) is 0 Å². The van der Waals surface area contributed by atoms with Crippen molar-refractivity contribution in [2.75, 3.05) is 24.5 Å². The minimum Gasteiger partial charge on any atom is -0.356 e. The molecule has 2 heterocycles. The number of nitrogens with one attached hydrogen (secondary N) is 1. The summed E-state index contributed by atoms with van der Waals surface area (Å²) in [5, 5.41) is 23.0. The van der Waals surface area contributed by atoms with Crippen LogP contribution in [0.1, 0.15) is 34.3 Å². The highest BCUT2D eigenvalue weighted by Crippen LogP contribution is 2.24. The topological polar surface area (TPSA) is 112 Å². The third-order valence-electron chi connectivity index (χ3n) is 5.03. The molecule has 1 aliphatic rings. The zero-order valence-electron chi connectivity index (χ0n) is 15.6. The number of hydrogen-bond donors (Lipinski definition) is 1. The first-order chi connectivity index (χ1) is 13.5. The van der Waals surface area contributed by atoms with Crippen LogP contribution in [0.4, 0.5) is 11.5 Å².